The van der Waals surface area contributed by atoms with Crippen LogP contribution < -0.4 is 5.32 Å². The van der Waals surface area contributed by atoms with Crippen LogP contribution in [-0.2, 0) is 11.2 Å². The van der Waals surface area contributed by atoms with E-state index in [1.807, 2.05) is 6.20 Å². The minimum Gasteiger partial charge on any atom is -0.394 e. The second kappa shape index (κ2) is 5.15. The predicted octanol–water partition coefficient (Wildman–Crippen LogP) is 0.378. The van der Waals surface area contributed by atoms with Crippen LogP contribution in [0.2, 0.25) is 0 Å². The maximum absolute atomic E-state index is 14.4. The minimum absolute atomic E-state index is 0.425. The van der Waals surface area contributed by atoms with E-state index < -0.39 is 31.2 Å². The average Bonchev–Trinajstić information content (AvgIpc) is 2.94. The van der Waals surface area contributed by atoms with Gasteiger partial charge >= 0.3 is 0 Å². The summed E-state index contributed by atoms with van der Waals surface area (Å²) < 4.78 is 21.5. The van der Waals surface area contributed by atoms with E-state index in [2.05, 4.69) is 15.3 Å². The molecule has 3 N–H and O–H groups in total. The quantitative estimate of drug-likeness (QED) is 0.743. The molecule has 1 fully saturated rings. The van der Waals surface area contributed by atoms with Crippen LogP contribution in [0.3, 0.4) is 0 Å². The van der Waals surface area contributed by atoms with Crippen molar-refractivity contribution >= 4 is 16.9 Å². The maximum Gasteiger partial charge on any atom is 0.173 e. The van der Waals surface area contributed by atoms with Gasteiger partial charge in [0.25, 0.3) is 0 Å². The van der Waals surface area contributed by atoms with Crippen LogP contribution in [0.15, 0.2) is 12.5 Å². The molecule has 2 aliphatic heterocycles. The first kappa shape index (κ1) is 13.9. The molecule has 118 valence electrons. The van der Waals surface area contributed by atoms with Crippen LogP contribution in [0, 0.1) is 0 Å². The number of nitrogens with one attached hydrogen (secondary N) is 1. The second-order valence-electron chi connectivity index (χ2n) is 5.70. The molecule has 0 aromatic carbocycles. The largest absolute Gasteiger partial charge is 0.394 e. The van der Waals surface area contributed by atoms with Gasteiger partial charge in [-0.2, -0.15) is 0 Å². The molecule has 22 heavy (non-hydrogen) atoms. The Hall–Kier alpha value is -1.77. The van der Waals surface area contributed by atoms with Crippen LogP contribution in [0.5, 0.6) is 0 Å². The Balaban J connectivity index is 1.83. The maximum atomic E-state index is 14.4. The van der Waals surface area contributed by atoms with Crippen LogP contribution in [0.4, 0.5) is 10.2 Å². The first-order chi connectivity index (χ1) is 10.7. The third-order valence-electron chi connectivity index (χ3n) is 4.35. The van der Waals surface area contributed by atoms with Crippen molar-refractivity contribution < 1.29 is 19.3 Å². The molecule has 0 radical (unpaired) electrons. The van der Waals surface area contributed by atoms with E-state index in [1.54, 1.807) is 4.57 Å². The SMILES string of the molecule is OC[C@H]1O[C@@H](n2cc3c4c(ncnc42)NCCC3)C(F)[C@H]1O. The molecule has 8 heteroatoms. The summed E-state index contributed by atoms with van der Waals surface area (Å²) >= 11 is 0. The summed E-state index contributed by atoms with van der Waals surface area (Å²) in [6.07, 6.45) is 0.156. The Bertz CT molecular complexity index is 707. The Morgan fingerprint density at radius 2 is 2.32 bits per heavy atom. The highest BCUT2D eigenvalue weighted by Crippen LogP contribution is 2.37. The Morgan fingerprint density at radius 1 is 1.45 bits per heavy atom. The fraction of sp³-hybridized carbons (Fsp3) is 0.571. The van der Waals surface area contributed by atoms with Crippen molar-refractivity contribution in [3.8, 4) is 0 Å². The molecule has 2 aromatic rings. The lowest BCUT2D eigenvalue weighted by molar-refractivity contribution is -0.0457. The molecule has 2 aliphatic rings. The van der Waals surface area contributed by atoms with Gasteiger partial charge in [0, 0.05) is 12.7 Å². The molecule has 1 saturated heterocycles. The molecular weight excluding hydrogens is 291 g/mol. The topological polar surface area (TPSA) is 92.4 Å². The van der Waals surface area contributed by atoms with Gasteiger partial charge in [0.2, 0.25) is 0 Å². The van der Waals surface area contributed by atoms with Crippen molar-refractivity contribution in [2.24, 2.45) is 0 Å². The van der Waals surface area contributed by atoms with Crippen LogP contribution in [0.1, 0.15) is 18.2 Å². The lowest BCUT2D eigenvalue weighted by Crippen LogP contribution is -2.30. The number of ether oxygens (including phenoxy) is 1. The lowest BCUT2D eigenvalue weighted by atomic mass is 10.1. The summed E-state index contributed by atoms with van der Waals surface area (Å²) in [4.78, 5) is 8.51. The molecule has 0 amide bonds. The first-order valence-corrected chi connectivity index (χ1v) is 7.37. The van der Waals surface area contributed by atoms with Crippen molar-refractivity contribution in [1.82, 2.24) is 14.5 Å². The van der Waals surface area contributed by atoms with Crippen molar-refractivity contribution in [3.05, 3.63) is 18.1 Å². The van der Waals surface area contributed by atoms with E-state index in [-0.39, 0.29) is 0 Å². The van der Waals surface area contributed by atoms with Crippen molar-refractivity contribution in [3.63, 3.8) is 0 Å². The van der Waals surface area contributed by atoms with Crippen LogP contribution >= 0.6 is 0 Å². The minimum atomic E-state index is -1.62. The fourth-order valence-corrected chi connectivity index (χ4v) is 3.24. The van der Waals surface area contributed by atoms with Gasteiger partial charge in [-0.25, -0.2) is 14.4 Å². The molecule has 2 aromatic heterocycles. The molecule has 0 spiro atoms. The van der Waals surface area contributed by atoms with Gasteiger partial charge in [-0.1, -0.05) is 0 Å². The van der Waals surface area contributed by atoms with Gasteiger partial charge in [0.05, 0.1) is 12.0 Å². The standard InChI is InChI=1S/C14H17FN4O3/c15-10-11(21)8(5-20)22-14(10)19-4-7-2-1-3-16-12-9(7)13(19)18-6-17-12/h4,6,8,10-11,14,20-21H,1-3,5H2,(H,16,17,18)/t8-,10?,11+,14-/m1/s1. The number of aliphatic hydroxyl groups is 2. The zero-order valence-electron chi connectivity index (χ0n) is 11.8. The fourth-order valence-electron chi connectivity index (χ4n) is 3.24. The van der Waals surface area contributed by atoms with E-state index in [1.165, 1.54) is 6.33 Å². The molecule has 7 nitrogen and oxygen atoms in total. The van der Waals surface area contributed by atoms with Crippen molar-refractivity contribution in [2.75, 3.05) is 18.5 Å². The summed E-state index contributed by atoms with van der Waals surface area (Å²) in [6.45, 7) is 0.406. The number of nitrogens with zero attached hydrogens (tertiary/aromatic N) is 3. The molecule has 1 unspecified atom stereocenters. The average molecular weight is 308 g/mol. The van der Waals surface area contributed by atoms with Gasteiger partial charge in [0.1, 0.15) is 30.0 Å². The number of halogens is 1. The van der Waals surface area contributed by atoms with Gasteiger partial charge in [-0.15, -0.1) is 0 Å². The highest BCUT2D eigenvalue weighted by Gasteiger charge is 2.45. The smallest absolute Gasteiger partial charge is 0.173 e. The Kier molecular flexibility index (Phi) is 3.24. The number of alkyl halides is 1. The van der Waals surface area contributed by atoms with E-state index in [0.717, 1.165) is 36.2 Å². The van der Waals surface area contributed by atoms with Crippen molar-refractivity contribution in [1.29, 1.82) is 0 Å². The molecule has 4 atom stereocenters. The van der Waals surface area contributed by atoms with Crippen LogP contribution in [0.25, 0.3) is 11.0 Å². The molecule has 0 bridgehead atoms. The number of rotatable bonds is 2. The normalized spacial score (nSPS) is 31.2. The van der Waals surface area contributed by atoms with Gasteiger partial charge in [0.15, 0.2) is 12.4 Å². The zero-order valence-corrected chi connectivity index (χ0v) is 11.8. The highest BCUT2D eigenvalue weighted by atomic mass is 19.1. The molecule has 0 aliphatic carbocycles. The summed E-state index contributed by atoms with van der Waals surface area (Å²) in [5, 5.41) is 23.1. The highest BCUT2D eigenvalue weighted by molar-refractivity contribution is 5.91. The summed E-state index contributed by atoms with van der Waals surface area (Å²) in [5.74, 6) is 0.740. The Morgan fingerprint density at radius 3 is 3.09 bits per heavy atom. The number of hydrogen-bond acceptors (Lipinski definition) is 6. The van der Waals surface area contributed by atoms with E-state index in [9.17, 15) is 14.6 Å². The number of hydrogen-bond donors (Lipinski definition) is 3. The third kappa shape index (κ3) is 1.91. The second-order valence-corrected chi connectivity index (χ2v) is 5.70. The van der Waals surface area contributed by atoms with E-state index in [0.29, 0.717) is 5.65 Å². The zero-order chi connectivity index (χ0) is 15.3. The van der Waals surface area contributed by atoms with Gasteiger partial charge in [-0.3, -0.25) is 0 Å². The third-order valence-corrected chi connectivity index (χ3v) is 4.35. The van der Waals surface area contributed by atoms with E-state index >= 15 is 0 Å². The molecule has 0 saturated carbocycles. The molecular formula is C14H17FN4O3. The van der Waals surface area contributed by atoms with Gasteiger partial charge in [-0.05, 0) is 18.4 Å². The number of aromatic nitrogens is 3. The van der Waals surface area contributed by atoms with Crippen LogP contribution in [-0.4, -0.2) is 56.3 Å². The summed E-state index contributed by atoms with van der Waals surface area (Å²) in [5.41, 5.74) is 1.61. The van der Waals surface area contributed by atoms with Gasteiger partial charge < -0.3 is 24.8 Å². The monoisotopic (exact) mass is 308 g/mol. The molecule has 4 rings (SSSR count). The number of aryl methyl sites for hydroxylation is 1. The lowest BCUT2D eigenvalue weighted by Gasteiger charge is -2.16. The molecule has 4 heterocycles. The summed E-state index contributed by atoms with van der Waals surface area (Å²) in [6, 6.07) is 0. The predicted molar refractivity (Wildman–Crippen MR) is 76.2 cm³/mol. The van der Waals surface area contributed by atoms with Crippen molar-refractivity contribution in [2.45, 2.75) is 37.4 Å². The number of aliphatic hydroxyl groups excluding tert-OH is 2. The van der Waals surface area contributed by atoms with E-state index in [4.69, 9.17) is 4.74 Å². The summed E-state index contributed by atoms with van der Waals surface area (Å²) in [7, 11) is 0. The first-order valence-electron chi connectivity index (χ1n) is 7.37. The number of anilines is 1. The Labute approximate surface area is 125 Å².